The number of fused-ring (bicyclic) bond motifs is 9. The molecule has 0 bridgehead atoms. The fraction of sp³-hybridized carbons (Fsp3) is 0.254. The molecule has 0 saturated heterocycles. The van der Waals surface area contributed by atoms with Crippen LogP contribution in [-0.4, -0.2) is 9.55 Å². The van der Waals surface area contributed by atoms with Crippen molar-refractivity contribution in [3.63, 3.8) is 0 Å². The van der Waals surface area contributed by atoms with E-state index >= 15 is 0 Å². The summed E-state index contributed by atoms with van der Waals surface area (Å²) >= 11 is 0. The Labute approximate surface area is 400 Å². The Kier molecular flexibility index (Phi) is 10.8. The number of nitrogens with zero attached hydrogens (tertiary/aromatic N) is 4. The van der Waals surface area contributed by atoms with Gasteiger partial charge in [0.2, 0.25) is 0 Å². The monoisotopic (exact) mass is 1030 g/mol. The van der Waals surface area contributed by atoms with E-state index in [1.807, 2.05) is 12.3 Å². The second-order valence-corrected chi connectivity index (χ2v) is 21.2. The van der Waals surface area contributed by atoms with Gasteiger partial charge in [0.25, 0.3) is 0 Å². The molecular formula is C59H57N4OPt-3. The molecule has 10 rings (SSSR count). The van der Waals surface area contributed by atoms with Gasteiger partial charge >= 0.3 is 0 Å². The maximum absolute atomic E-state index is 6.95. The predicted octanol–water partition coefficient (Wildman–Crippen LogP) is 15.2. The summed E-state index contributed by atoms with van der Waals surface area (Å²) in [5.74, 6) is 2.09. The molecule has 0 aliphatic carbocycles. The van der Waals surface area contributed by atoms with Crippen LogP contribution < -0.4 is 14.5 Å². The maximum Gasteiger partial charge on any atom is 0.135 e. The van der Waals surface area contributed by atoms with Gasteiger partial charge in [-0.2, -0.15) is 6.07 Å². The van der Waals surface area contributed by atoms with Crippen molar-refractivity contribution in [2.75, 3.05) is 9.80 Å². The topological polar surface area (TPSA) is 33.5 Å². The molecule has 6 heteroatoms. The van der Waals surface area contributed by atoms with Crippen molar-refractivity contribution in [1.82, 2.24) is 9.55 Å². The van der Waals surface area contributed by atoms with Crippen LogP contribution in [0, 0.1) is 18.8 Å². The van der Waals surface area contributed by atoms with Crippen LogP contribution in [0.2, 0.25) is 0 Å². The van der Waals surface area contributed by atoms with E-state index in [1.165, 1.54) is 44.5 Å². The van der Waals surface area contributed by atoms with Gasteiger partial charge < -0.3 is 19.1 Å². The molecule has 332 valence electrons. The first kappa shape index (κ1) is 44.3. The van der Waals surface area contributed by atoms with Crippen LogP contribution in [0.5, 0.6) is 11.5 Å². The number of hydrogen-bond acceptors (Lipinski definition) is 4. The number of pyridine rings is 1. The van der Waals surface area contributed by atoms with Gasteiger partial charge in [-0.1, -0.05) is 172 Å². The van der Waals surface area contributed by atoms with Crippen LogP contribution in [0.25, 0.3) is 44.4 Å². The molecule has 0 N–H and O–H groups in total. The van der Waals surface area contributed by atoms with Crippen LogP contribution in [0.4, 0.5) is 11.4 Å². The van der Waals surface area contributed by atoms with Crippen molar-refractivity contribution in [2.24, 2.45) is 0 Å². The Hall–Kier alpha value is -5.90. The fourth-order valence-electron chi connectivity index (χ4n) is 9.37. The third-order valence-corrected chi connectivity index (χ3v) is 13.2. The van der Waals surface area contributed by atoms with Crippen molar-refractivity contribution in [2.45, 2.75) is 97.8 Å². The van der Waals surface area contributed by atoms with E-state index in [0.717, 1.165) is 44.7 Å². The van der Waals surface area contributed by atoms with Gasteiger partial charge in [-0.3, -0.25) is 0 Å². The molecule has 0 radical (unpaired) electrons. The van der Waals surface area contributed by atoms with E-state index in [1.54, 1.807) is 0 Å². The van der Waals surface area contributed by atoms with Gasteiger partial charge in [0.15, 0.2) is 0 Å². The first-order valence-electron chi connectivity index (χ1n) is 22.5. The van der Waals surface area contributed by atoms with Crippen LogP contribution in [0.3, 0.4) is 0 Å². The minimum Gasteiger partial charge on any atom is -0.509 e. The Balaban J connectivity index is 0.00000533. The molecule has 2 aliphatic heterocycles. The van der Waals surface area contributed by atoms with Crippen molar-refractivity contribution in [3.8, 4) is 28.4 Å². The second-order valence-electron chi connectivity index (χ2n) is 21.2. The minimum absolute atomic E-state index is 0. The second kappa shape index (κ2) is 15.9. The number of rotatable bonds is 6. The van der Waals surface area contributed by atoms with E-state index in [9.17, 15) is 0 Å². The predicted molar refractivity (Wildman–Crippen MR) is 267 cm³/mol. The van der Waals surface area contributed by atoms with Gasteiger partial charge in [-0.05, 0) is 86.0 Å². The molecule has 6 aromatic carbocycles. The van der Waals surface area contributed by atoms with E-state index in [-0.39, 0.29) is 42.7 Å². The molecule has 0 spiro atoms. The normalized spacial score (nSPS) is 13.9. The Morgan fingerprint density at radius 2 is 1.23 bits per heavy atom. The first-order valence-corrected chi connectivity index (χ1v) is 22.5. The molecule has 2 aliphatic rings. The molecule has 65 heavy (non-hydrogen) atoms. The third-order valence-electron chi connectivity index (χ3n) is 13.2. The summed E-state index contributed by atoms with van der Waals surface area (Å²) in [6.07, 6.45) is 4.20. The SMILES string of the molecule is CC(C)(C)c1cc(N2C=C3c4ccccc4-c4c([c-]c(Oc5[c-]c6c(cc5)c5ccccc5n6-c5cc(C(C)(C)c6ccccc6)ccn5)cc4C(C)(C)C)N3[CH-]2)cc(C(C)(C)C)c1.[Pt]. The standard InChI is InChI=1S/C59H57N4O.Pt/c1-56(2,3)40-29-41(57(4,5)6)31-42(30-40)61-36-53-46-22-15-16-23-48(46)55-49(58(7,8)9)33-44(35-52(55)62(53)37-61)64-43-25-26-47-45-21-17-18-24-50(45)63(51(47)34-43)54-32-39(27-28-60-54)59(10,11)38-19-13-12-14-20-38;/h12-33,36-37H,1-11H3;/q-3;. The van der Waals surface area contributed by atoms with Gasteiger partial charge in [-0.15, -0.1) is 47.4 Å². The van der Waals surface area contributed by atoms with Gasteiger partial charge in [0.1, 0.15) is 5.82 Å². The molecule has 4 heterocycles. The molecule has 0 saturated carbocycles. The quantitative estimate of drug-likeness (QED) is 0.155. The molecule has 0 unspecified atom stereocenters. The average molecular weight is 1030 g/mol. The average Bonchev–Trinajstić information content (AvgIpc) is 3.86. The largest absolute Gasteiger partial charge is 0.509 e. The van der Waals surface area contributed by atoms with Crippen molar-refractivity contribution < 1.29 is 25.8 Å². The van der Waals surface area contributed by atoms with Crippen LogP contribution in [-0.2, 0) is 42.7 Å². The van der Waals surface area contributed by atoms with E-state index in [2.05, 4.69) is 237 Å². The zero-order valence-electron chi connectivity index (χ0n) is 39.4. The van der Waals surface area contributed by atoms with Gasteiger partial charge in [0.05, 0.1) is 0 Å². The fourth-order valence-corrected chi connectivity index (χ4v) is 9.37. The summed E-state index contributed by atoms with van der Waals surface area (Å²) < 4.78 is 9.17. The summed E-state index contributed by atoms with van der Waals surface area (Å²) in [4.78, 5) is 9.57. The molecule has 8 aromatic rings. The molecule has 0 fully saturated rings. The molecular weight excluding hydrogens is 976 g/mol. The summed E-state index contributed by atoms with van der Waals surface area (Å²) in [7, 11) is 0. The zero-order chi connectivity index (χ0) is 44.9. The number of aromatic nitrogens is 2. The molecule has 0 amide bonds. The first-order chi connectivity index (χ1) is 30.4. The number of para-hydroxylation sites is 1. The van der Waals surface area contributed by atoms with E-state index in [0.29, 0.717) is 11.5 Å². The number of ether oxygens (including phenoxy) is 1. The van der Waals surface area contributed by atoms with Crippen LogP contribution >= 0.6 is 0 Å². The van der Waals surface area contributed by atoms with E-state index in [4.69, 9.17) is 9.72 Å². The maximum atomic E-state index is 6.95. The summed E-state index contributed by atoms with van der Waals surface area (Å²) in [5, 5.41) is 2.23. The smallest absolute Gasteiger partial charge is 0.135 e. The summed E-state index contributed by atoms with van der Waals surface area (Å²) in [5.41, 5.74) is 14.6. The Morgan fingerprint density at radius 3 is 1.92 bits per heavy atom. The number of hydrogen-bond donors (Lipinski definition) is 0. The van der Waals surface area contributed by atoms with Crippen LogP contribution in [0.1, 0.15) is 110 Å². The third kappa shape index (κ3) is 7.80. The van der Waals surface area contributed by atoms with Gasteiger partial charge in [0, 0.05) is 61.1 Å². The Bertz CT molecular complexity index is 3120. The van der Waals surface area contributed by atoms with Crippen LogP contribution in [0.15, 0.2) is 140 Å². The van der Waals surface area contributed by atoms with Crippen molar-refractivity contribution in [1.29, 1.82) is 0 Å². The number of benzene rings is 6. The Morgan fingerprint density at radius 1 is 0.569 bits per heavy atom. The number of anilines is 2. The molecule has 0 atom stereocenters. The zero-order valence-corrected chi connectivity index (χ0v) is 41.6. The summed E-state index contributed by atoms with van der Waals surface area (Å²) in [6, 6.07) is 53.3. The van der Waals surface area contributed by atoms with Gasteiger partial charge in [-0.25, -0.2) is 4.98 Å². The summed E-state index contributed by atoms with van der Waals surface area (Å²) in [6.45, 7) is 27.4. The van der Waals surface area contributed by atoms with Crippen molar-refractivity contribution >= 4 is 38.9 Å². The van der Waals surface area contributed by atoms with Crippen molar-refractivity contribution in [3.05, 3.63) is 192 Å². The van der Waals surface area contributed by atoms with E-state index < -0.39 is 0 Å². The minimum atomic E-state index is -0.228. The molecule has 5 nitrogen and oxygen atoms in total. The molecule has 2 aromatic heterocycles.